The third-order valence-electron chi connectivity index (χ3n) is 0.706. The Balaban J connectivity index is 0. The van der Waals surface area contributed by atoms with Crippen molar-refractivity contribution >= 4 is 22.2 Å². The van der Waals surface area contributed by atoms with Crippen LogP contribution in [-0.4, -0.2) is 25.8 Å². The Hall–Kier alpha value is 0.110. The first-order valence-electron chi connectivity index (χ1n) is 3.23. The third-order valence-corrected chi connectivity index (χ3v) is 1.27. The highest BCUT2D eigenvalue weighted by molar-refractivity contribution is 9.09. The summed E-state index contributed by atoms with van der Waals surface area (Å²) in [6.07, 6.45) is 3.81. The molecule has 0 aromatic rings. The van der Waals surface area contributed by atoms with Crippen LogP contribution in [0.15, 0.2) is 0 Å². The normalized spacial score (nSPS) is 7.90. The van der Waals surface area contributed by atoms with Gasteiger partial charge in [-0.05, 0) is 12.8 Å². The molecule has 0 saturated heterocycles. The summed E-state index contributed by atoms with van der Waals surface area (Å²) in [6, 6.07) is 0. The van der Waals surface area contributed by atoms with Gasteiger partial charge < -0.3 is 9.53 Å². The number of ether oxygens (including phenoxy) is 1. The number of hydrogen-bond donors (Lipinski definition) is 0. The molecule has 0 bridgehead atoms. The number of unbranched alkanes of at least 4 members (excludes halogenated alkanes) is 2. The first-order valence-corrected chi connectivity index (χ1v) is 4.35. The summed E-state index contributed by atoms with van der Waals surface area (Å²) in [7, 11) is 3.25. The molecule has 0 aromatic heterocycles. The van der Waals surface area contributed by atoms with Crippen molar-refractivity contribution < 1.29 is 9.53 Å². The van der Waals surface area contributed by atoms with E-state index in [0.29, 0.717) is 6.42 Å². The van der Waals surface area contributed by atoms with Gasteiger partial charge in [-0.2, -0.15) is 0 Å². The molecule has 0 spiro atoms. The molecule has 3 heteroatoms. The Morgan fingerprint density at radius 3 is 2.20 bits per heavy atom. The Bertz CT molecular complexity index is 57.6. The summed E-state index contributed by atoms with van der Waals surface area (Å²) in [5.41, 5.74) is 0. The molecule has 0 atom stereocenters. The lowest BCUT2D eigenvalue weighted by Gasteiger charge is -1.84. The van der Waals surface area contributed by atoms with Gasteiger partial charge in [0.15, 0.2) is 0 Å². The van der Waals surface area contributed by atoms with E-state index in [4.69, 9.17) is 0 Å². The van der Waals surface area contributed by atoms with Crippen molar-refractivity contribution in [3.8, 4) is 0 Å². The Labute approximate surface area is 71.1 Å². The van der Waals surface area contributed by atoms with Gasteiger partial charge in [0, 0.05) is 26.0 Å². The van der Waals surface area contributed by atoms with E-state index in [-0.39, 0.29) is 0 Å². The lowest BCUT2D eigenvalue weighted by molar-refractivity contribution is -0.107. The molecule has 0 aliphatic heterocycles. The second-order valence-corrected chi connectivity index (χ2v) is 2.55. The molecule has 0 aromatic carbocycles. The molecule has 0 heterocycles. The lowest BCUT2D eigenvalue weighted by Crippen LogP contribution is -1.76. The minimum Gasteiger partial charge on any atom is -0.388 e. The second kappa shape index (κ2) is 16.1. The van der Waals surface area contributed by atoms with E-state index in [1.165, 1.54) is 0 Å². The van der Waals surface area contributed by atoms with Crippen molar-refractivity contribution in [3.05, 3.63) is 0 Å². The summed E-state index contributed by atoms with van der Waals surface area (Å²) in [5, 5.41) is 1.01. The zero-order valence-electron chi connectivity index (χ0n) is 6.60. The van der Waals surface area contributed by atoms with Crippen LogP contribution >= 0.6 is 15.9 Å². The highest BCUT2D eigenvalue weighted by atomic mass is 79.9. The highest BCUT2D eigenvalue weighted by Crippen LogP contribution is 1.94. The summed E-state index contributed by atoms with van der Waals surface area (Å²) in [5.74, 6) is 0. The minimum atomic E-state index is 0.714. The fourth-order valence-corrected chi connectivity index (χ4v) is 0.719. The van der Waals surface area contributed by atoms with E-state index >= 15 is 0 Å². The Morgan fingerprint density at radius 2 is 1.90 bits per heavy atom. The van der Waals surface area contributed by atoms with Crippen LogP contribution in [0.5, 0.6) is 0 Å². The second-order valence-electron chi connectivity index (χ2n) is 1.76. The van der Waals surface area contributed by atoms with E-state index in [0.717, 1.165) is 24.5 Å². The van der Waals surface area contributed by atoms with Crippen LogP contribution in [0, 0.1) is 0 Å². The highest BCUT2D eigenvalue weighted by Gasteiger charge is 1.81. The molecule has 0 amide bonds. The van der Waals surface area contributed by atoms with Gasteiger partial charge in [-0.15, -0.1) is 0 Å². The zero-order chi connectivity index (χ0) is 8.24. The van der Waals surface area contributed by atoms with E-state index in [9.17, 15) is 4.79 Å². The van der Waals surface area contributed by atoms with Crippen molar-refractivity contribution in [3.63, 3.8) is 0 Å². The number of rotatable bonds is 4. The summed E-state index contributed by atoms with van der Waals surface area (Å²) < 4.78 is 4.25. The van der Waals surface area contributed by atoms with E-state index < -0.39 is 0 Å². The molecule has 2 nitrogen and oxygen atoms in total. The number of carbonyl (C=O) groups excluding carboxylic acids is 1. The van der Waals surface area contributed by atoms with Crippen molar-refractivity contribution in [1.29, 1.82) is 0 Å². The molecule has 62 valence electrons. The maximum absolute atomic E-state index is 9.66. The average Bonchev–Trinajstić information content (AvgIpc) is 1.91. The maximum Gasteiger partial charge on any atom is 0.119 e. The Kier molecular flexibility index (Phi) is 20.5. The number of hydrogen-bond acceptors (Lipinski definition) is 2. The van der Waals surface area contributed by atoms with Gasteiger partial charge in [-0.25, -0.2) is 0 Å². The van der Waals surface area contributed by atoms with Crippen molar-refractivity contribution in [1.82, 2.24) is 0 Å². The maximum atomic E-state index is 9.66. The summed E-state index contributed by atoms with van der Waals surface area (Å²) in [4.78, 5) is 9.66. The summed E-state index contributed by atoms with van der Waals surface area (Å²) >= 11 is 3.26. The molecule has 0 N–H and O–H groups in total. The van der Waals surface area contributed by atoms with Crippen molar-refractivity contribution in [2.75, 3.05) is 19.5 Å². The fourth-order valence-electron chi connectivity index (χ4n) is 0.322. The molecular formula is C7H15BrO2. The smallest absolute Gasteiger partial charge is 0.119 e. The van der Waals surface area contributed by atoms with Crippen LogP contribution < -0.4 is 0 Å². The fraction of sp³-hybridized carbons (Fsp3) is 0.857. The van der Waals surface area contributed by atoms with Gasteiger partial charge >= 0.3 is 0 Å². The Morgan fingerprint density at radius 1 is 1.40 bits per heavy atom. The molecule has 0 radical (unpaired) electrons. The first-order chi connectivity index (χ1) is 4.83. The van der Waals surface area contributed by atoms with Crippen LogP contribution in [0.25, 0.3) is 0 Å². The van der Waals surface area contributed by atoms with Crippen LogP contribution in [0.2, 0.25) is 0 Å². The number of aldehydes is 1. The van der Waals surface area contributed by atoms with Crippen LogP contribution in [0.1, 0.15) is 19.3 Å². The van der Waals surface area contributed by atoms with Crippen LogP contribution in [0.4, 0.5) is 0 Å². The van der Waals surface area contributed by atoms with Gasteiger partial charge in [0.2, 0.25) is 0 Å². The largest absolute Gasteiger partial charge is 0.388 e. The number of alkyl halides is 1. The molecule has 0 aliphatic rings. The van der Waals surface area contributed by atoms with Gasteiger partial charge in [0.05, 0.1) is 0 Å². The SMILES string of the molecule is COC.O=CCCCCBr. The molecule has 0 fully saturated rings. The zero-order valence-corrected chi connectivity index (χ0v) is 8.19. The minimum absolute atomic E-state index is 0.714. The first kappa shape index (κ1) is 12.8. The topological polar surface area (TPSA) is 26.3 Å². The number of methoxy groups -OCH3 is 1. The molecule has 0 unspecified atom stereocenters. The molecule has 10 heavy (non-hydrogen) atoms. The van der Waals surface area contributed by atoms with E-state index in [1.54, 1.807) is 14.2 Å². The monoisotopic (exact) mass is 210 g/mol. The predicted molar refractivity (Wildman–Crippen MR) is 46.6 cm³/mol. The van der Waals surface area contributed by atoms with Crippen molar-refractivity contribution in [2.45, 2.75) is 19.3 Å². The third kappa shape index (κ3) is 24.3. The molecular weight excluding hydrogens is 196 g/mol. The standard InChI is InChI=1S/C5H9BrO.C2H6O/c6-4-2-1-3-5-7;1-3-2/h5H,1-4H2;1-2H3. The lowest BCUT2D eigenvalue weighted by atomic mass is 10.3. The number of carbonyl (C=O) groups is 1. The summed E-state index contributed by atoms with van der Waals surface area (Å²) in [6.45, 7) is 0. The molecule has 0 aliphatic carbocycles. The predicted octanol–water partition coefficient (Wildman–Crippen LogP) is 2.01. The van der Waals surface area contributed by atoms with E-state index in [2.05, 4.69) is 20.7 Å². The molecule has 0 rings (SSSR count). The quantitative estimate of drug-likeness (QED) is 0.404. The van der Waals surface area contributed by atoms with Crippen LogP contribution in [-0.2, 0) is 9.53 Å². The molecule has 0 saturated carbocycles. The number of halogens is 1. The van der Waals surface area contributed by atoms with Gasteiger partial charge in [0.25, 0.3) is 0 Å². The van der Waals surface area contributed by atoms with E-state index in [1.807, 2.05) is 0 Å². The van der Waals surface area contributed by atoms with Crippen LogP contribution in [0.3, 0.4) is 0 Å². The van der Waals surface area contributed by atoms with Gasteiger partial charge in [0.1, 0.15) is 6.29 Å². The van der Waals surface area contributed by atoms with Gasteiger partial charge in [-0.3, -0.25) is 0 Å². The van der Waals surface area contributed by atoms with Gasteiger partial charge in [-0.1, -0.05) is 15.9 Å². The van der Waals surface area contributed by atoms with Crippen molar-refractivity contribution in [2.24, 2.45) is 0 Å². The average molecular weight is 211 g/mol.